The van der Waals surface area contributed by atoms with E-state index in [0.29, 0.717) is 5.56 Å². The lowest BCUT2D eigenvalue weighted by Crippen LogP contribution is -2.33. The van der Waals surface area contributed by atoms with Crippen molar-refractivity contribution in [2.45, 2.75) is 12.7 Å². The summed E-state index contributed by atoms with van der Waals surface area (Å²) in [6.45, 7) is 0.115. The number of nitrogens with zero attached hydrogens (tertiary/aromatic N) is 5. The van der Waals surface area contributed by atoms with Crippen molar-refractivity contribution in [3.63, 3.8) is 0 Å². The lowest BCUT2D eigenvalue weighted by molar-refractivity contribution is -0.141. The van der Waals surface area contributed by atoms with Crippen molar-refractivity contribution >= 4 is 11.2 Å². The van der Waals surface area contributed by atoms with Gasteiger partial charge in [-0.3, -0.25) is 19.4 Å². The van der Waals surface area contributed by atoms with Crippen LogP contribution in [0.2, 0.25) is 0 Å². The van der Waals surface area contributed by atoms with Crippen molar-refractivity contribution in [1.29, 1.82) is 0 Å². The van der Waals surface area contributed by atoms with Gasteiger partial charge in [-0.25, -0.2) is 14.3 Å². The number of fused-ring (bicyclic) bond motifs is 1. The number of halogens is 3. The molecular weight excluding hydrogens is 367 g/mol. The molecule has 9 nitrogen and oxygen atoms in total. The van der Waals surface area contributed by atoms with Gasteiger partial charge in [-0.2, -0.15) is 18.3 Å². The van der Waals surface area contributed by atoms with E-state index < -0.39 is 23.1 Å². The van der Waals surface area contributed by atoms with E-state index in [2.05, 4.69) is 25.0 Å². The lowest BCUT2D eigenvalue weighted by atomic mass is 10.2. The largest absolute Gasteiger partial charge is 0.433 e. The van der Waals surface area contributed by atoms with Gasteiger partial charge in [-0.15, -0.1) is 0 Å². The van der Waals surface area contributed by atoms with E-state index in [0.717, 1.165) is 16.8 Å². The Kier molecular flexibility index (Phi) is 3.68. The van der Waals surface area contributed by atoms with Crippen molar-refractivity contribution in [2.24, 2.45) is 0 Å². The first-order valence-electron chi connectivity index (χ1n) is 7.56. The van der Waals surface area contributed by atoms with E-state index in [4.69, 9.17) is 0 Å². The molecule has 4 heterocycles. The maximum atomic E-state index is 12.5. The van der Waals surface area contributed by atoms with Gasteiger partial charge in [0.05, 0.1) is 24.8 Å². The minimum absolute atomic E-state index is 0.115. The van der Waals surface area contributed by atoms with Crippen LogP contribution in [0.1, 0.15) is 11.3 Å². The summed E-state index contributed by atoms with van der Waals surface area (Å²) in [5.41, 5.74) is -1.31. The molecule has 4 aromatic rings. The molecule has 138 valence electrons. The highest BCUT2D eigenvalue weighted by molar-refractivity contribution is 5.68. The number of pyridine rings is 1. The molecule has 0 saturated carbocycles. The predicted octanol–water partition coefficient (Wildman–Crippen LogP) is 1.06. The van der Waals surface area contributed by atoms with E-state index in [1.807, 2.05) is 0 Å². The van der Waals surface area contributed by atoms with Crippen molar-refractivity contribution < 1.29 is 13.2 Å². The van der Waals surface area contributed by atoms with E-state index in [9.17, 15) is 22.8 Å². The number of aromatic amines is 2. The fraction of sp³-hybridized carbons (Fsp3) is 0.133. The molecule has 0 radical (unpaired) electrons. The minimum atomic E-state index is -4.51. The molecule has 0 saturated heterocycles. The van der Waals surface area contributed by atoms with Crippen LogP contribution in [0.3, 0.4) is 0 Å². The van der Waals surface area contributed by atoms with Crippen LogP contribution in [0, 0.1) is 0 Å². The molecule has 0 amide bonds. The molecular formula is C15H10F3N7O2. The summed E-state index contributed by atoms with van der Waals surface area (Å²) in [5.74, 6) is 0. The Balaban J connectivity index is 1.65. The Morgan fingerprint density at radius 3 is 2.63 bits per heavy atom. The first kappa shape index (κ1) is 16.8. The third kappa shape index (κ3) is 3.01. The van der Waals surface area contributed by atoms with Crippen LogP contribution in [0.5, 0.6) is 0 Å². The molecule has 2 N–H and O–H groups in total. The summed E-state index contributed by atoms with van der Waals surface area (Å²) in [6, 6.07) is 2.16. The Morgan fingerprint density at radius 1 is 1.11 bits per heavy atom. The zero-order valence-electron chi connectivity index (χ0n) is 13.4. The number of aromatic nitrogens is 7. The molecule has 0 aliphatic rings. The normalized spacial score (nSPS) is 12.0. The van der Waals surface area contributed by atoms with Gasteiger partial charge in [0.25, 0.3) is 5.56 Å². The summed E-state index contributed by atoms with van der Waals surface area (Å²) in [7, 11) is 0. The molecule has 0 aliphatic carbocycles. The quantitative estimate of drug-likeness (QED) is 0.554. The highest BCUT2D eigenvalue weighted by atomic mass is 19.4. The highest BCUT2D eigenvalue weighted by Crippen LogP contribution is 2.27. The molecule has 0 bridgehead atoms. The molecule has 0 aliphatic heterocycles. The van der Waals surface area contributed by atoms with Crippen molar-refractivity contribution in [3.05, 3.63) is 69.1 Å². The summed E-state index contributed by atoms with van der Waals surface area (Å²) < 4.78 is 39.9. The van der Waals surface area contributed by atoms with Crippen molar-refractivity contribution in [2.75, 3.05) is 0 Å². The number of hydrogen-bond acceptors (Lipinski definition) is 5. The Labute approximate surface area is 147 Å². The summed E-state index contributed by atoms with van der Waals surface area (Å²) in [6.07, 6.45) is 0.602. The summed E-state index contributed by atoms with van der Waals surface area (Å²) in [4.78, 5) is 36.9. The minimum Gasteiger partial charge on any atom is -0.339 e. The maximum absolute atomic E-state index is 12.5. The molecule has 4 rings (SSSR count). The maximum Gasteiger partial charge on any atom is 0.433 e. The second-order valence-corrected chi connectivity index (χ2v) is 5.64. The van der Waals surface area contributed by atoms with Gasteiger partial charge in [0, 0.05) is 12.4 Å². The van der Waals surface area contributed by atoms with Gasteiger partial charge >= 0.3 is 11.9 Å². The zero-order chi connectivity index (χ0) is 19.2. The van der Waals surface area contributed by atoms with Crippen LogP contribution in [-0.2, 0) is 12.7 Å². The third-order valence-electron chi connectivity index (χ3n) is 3.82. The van der Waals surface area contributed by atoms with E-state index in [1.165, 1.54) is 29.5 Å². The topological polar surface area (TPSA) is 114 Å². The van der Waals surface area contributed by atoms with E-state index in [1.54, 1.807) is 0 Å². The fourth-order valence-electron chi connectivity index (χ4n) is 2.58. The van der Waals surface area contributed by atoms with Crippen LogP contribution in [0.4, 0.5) is 13.2 Å². The number of rotatable bonds is 3. The van der Waals surface area contributed by atoms with Gasteiger partial charge in [0.2, 0.25) is 0 Å². The molecule has 0 aromatic carbocycles. The number of nitrogens with one attached hydrogen (secondary N) is 2. The van der Waals surface area contributed by atoms with Crippen LogP contribution in [-0.4, -0.2) is 34.3 Å². The Morgan fingerprint density at radius 2 is 1.93 bits per heavy atom. The fourth-order valence-corrected chi connectivity index (χ4v) is 2.58. The second-order valence-electron chi connectivity index (χ2n) is 5.64. The SMILES string of the molecule is O=c1[nH]c2nc[nH]c2c(=O)n1-c1cnn(Cc2ccc(C(F)(F)F)nc2)c1. The zero-order valence-corrected chi connectivity index (χ0v) is 13.4. The Bertz CT molecular complexity index is 1230. The van der Waals surface area contributed by atoms with Crippen LogP contribution >= 0.6 is 0 Å². The highest BCUT2D eigenvalue weighted by Gasteiger charge is 2.32. The van der Waals surface area contributed by atoms with Crippen molar-refractivity contribution in [1.82, 2.24) is 34.3 Å². The molecule has 12 heteroatoms. The lowest BCUT2D eigenvalue weighted by Gasteiger charge is -2.06. The van der Waals surface area contributed by atoms with Crippen LogP contribution in [0.25, 0.3) is 16.9 Å². The van der Waals surface area contributed by atoms with Crippen LogP contribution in [0.15, 0.2) is 46.6 Å². The van der Waals surface area contributed by atoms with Gasteiger partial charge < -0.3 is 4.98 Å². The van der Waals surface area contributed by atoms with Crippen LogP contribution < -0.4 is 11.2 Å². The standard InChI is InChI=1S/C15H10F3N7O2/c16-15(17,18)10-2-1-8(3-19-10)5-24-6-9(4-22-24)25-13(26)11-12(21-7-20-11)23-14(25)27/h1-4,6-7H,5H2,(H,20,21)(H,23,27). The summed E-state index contributed by atoms with van der Waals surface area (Å²) in [5, 5.41) is 4.04. The molecule has 0 fully saturated rings. The van der Waals surface area contributed by atoms with Gasteiger partial charge in [0.1, 0.15) is 11.2 Å². The van der Waals surface area contributed by atoms with Gasteiger partial charge in [0.15, 0.2) is 5.65 Å². The number of hydrogen-bond donors (Lipinski definition) is 2. The van der Waals surface area contributed by atoms with E-state index >= 15 is 0 Å². The smallest absolute Gasteiger partial charge is 0.339 e. The molecule has 0 atom stereocenters. The van der Waals surface area contributed by atoms with Crippen molar-refractivity contribution in [3.8, 4) is 5.69 Å². The molecule has 27 heavy (non-hydrogen) atoms. The second kappa shape index (κ2) is 5.93. The molecule has 0 spiro atoms. The van der Waals surface area contributed by atoms with Gasteiger partial charge in [-0.1, -0.05) is 6.07 Å². The first-order valence-corrected chi connectivity index (χ1v) is 7.56. The number of alkyl halides is 3. The monoisotopic (exact) mass is 377 g/mol. The number of imidazole rings is 1. The Hall–Kier alpha value is -3.70. The van der Waals surface area contributed by atoms with Gasteiger partial charge in [-0.05, 0) is 11.6 Å². The first-order chi connectivity index (χ1) is 12.8. The third-order valence-corrected chi connectivity index (χ3v) is 3.82. The average molecular weight is 377 g/mol. The molecule has 0 unspecified atom stereocenters. The van der Waals surface area contributed by atoms with E-state index in [-0.39, 0.29) is 23.4 Å². The summed E-state index contributed by atoms with van der Waals surface area (Å²) >= 11 is 0. The molecule has 4 aromatic heterocycles. The average Bonchev–Trinajstić information content (AvgIpc) is 3.24. The predicted molar refractivity (Wildman–Crippen MR) is 86.4 cm³/mol. The number of H-pyrrole nitrogens is 2.